The maximum atomic E-state index is 14.1. The van der Waals surface area contributed by atoms with Crippen LogP contribution in [0, 0.1) is 17.5 Å². The number of hydrogen-bond acceptors (Lipinski definition) is 8. The van der Waals surface area contributed by atoms with E-state index in [-0.39, 0.29) is 23.1 Å². The van der Waals surface area contributed by atoms with Crippen LogP contribution < -0.4 is 16.3 Å². The number of rotatable bonds is 7. The number of aromatic nitrogens is 4. The molecule has 180 valence electrons. The number of fused-ring (bicyclic) bond motifs is 1. The van der Waals surface area contributed by atoms with Gasteiger partial charge >= 0.3 is 0 Å². The largest absolute Gasteiger partial charge is 0.481 e. The number of pyridine rings is 1. The van der Waals surface area contributed by atoms with Crippen molar-refractivity contribution in [2.75, 3.05) is 12.8 Å². The van der Waals surface area contributed by atoms with Gasteiger partial charge < -0.3 is 20.9 Å². The van der Waals surface area contributed by atoms with Crippen LogP contribution in [-0.2, 0) is 0 Å². The van der Waals surface area contributed by atoms with Gasteiger partial charge in [0, 0.05) is 23.4 Å². The molecule has 0 aliphatic carbocycles. The van der Waals surface area contributed by atoms with Gasteiger partial charge in [0.15, 0.2) is 0 Å². The van der Waals surface area contributed by atoms with E-state index in [1.807, 2.05) is 6.92 Å². The summed E-state index contributed by atoms with van der Waals surface area (Å²) in [7, 11) is 1.42. The molecule has 4 rings (SSSR count). The van der Waals surface area contributed by atoms with Crippen molar-refractivity contribution in [2.24, 2.45) is 15.9 Å². The van der Waals surface area contributed by atoms with Crippen LogP contribution in [0.15, 0.2) is 53.1 Å². The third-order valence-electron chi connectivity index (χ3n) is 5.40. The first kappa shape index (κ1) is 23.7. The lowest BCUT2D eigenvalue weighted by molar-refractivity contribution is 0.398. The smallest absolute Gasteiger partial charge is 0.221 e. The van der Waals surface area contributed by atoms with Crippen LogP contribution in [-0.4, -0.2) is 38.6 Å². The van der Waals surface area contributed by atoms with E-state index in [4.69, 9.17) is 16.3 Å². The number of nitrogen functional groups attached to an aromatic ring is 1. The number of ether oxygens (including phenoxy) is 1. The summed E-state index contributed by atoms with van der Waals surface area (Å²) in [6, 6.07) is 3.66. The average molecular weight is 482 g/mol. The summed E-state index contributed by atoms with van der Waals surface area (Å²) >= 11 is 0. The number of benzene rings is 1. The molecule has 1 unspecified atom stereocenters. The average Bonchev–Trinajstić information content (AvgIpc) is 3.24. The van der Waals surface area contributed by atoms with E-state index >= 15 is 0 Å². The highest BCUT2D eigenvalue weighted by molar-refractivity contribution is 6.32. The van der Waals surface area contributed by atoms with E-state index in [0.29, 0.717) is 28.6 Å². The molecule has 0 aliphatic rings. The molecular weight excluding hydrogens is 461 g/mol. The van der Waals surface area contributed by atoms with Crippen molar-refractivity contribution in [2.45, 2.75) is 19.4 Å². The Morgan fingerprint density at radius 3 is 2.66 bits per heavy atom. The number of halogens is 3. The lowest BCUT2D eigenvalue weighted by atomic mass is 10.1. The molecule has 4 aromatic rings. The van der Waals surface area contributed by atoms with E-state index in [0.717, 1.165) is 24.4 Å². The Morgan fingerprint density at radius 1 is 1.14 bits per heavy atom. The molecule has 1 atom stereocenters. The van der Waals surface area contributed by atoms with Gasteiger partial charge in [-0.2, -0.15) is 5.10 Å². The summed E-state index contributed by atoms with van der Waals surface area (Å²) in [4.78, 5) is 16.5. The van der Waals surface area contributed by atoms with Crippen molar-refractivity contribution in [3.05, 3.63) is 60.4 Å². The van der Waals surface area contributed by atoms with E-state index in [1.54, 1.807) is 10.8 Å². The van der Waals surface area contributed by atoms with Crippen LogP contribution in [0.2, 0.25) is 0 Å². The van der Waals surface area contributed by atoms with Gasteiger partial charge in [-0.25, -0.2) is 28.1 Å². The molecule has 0 aliphatic heterocycles. The lowest BCUT2D eigenvalue weighted by Gasteiger charge is -2.17. The predicted molar refractivity (Wildman–Crippen MR) is 127 cm³/mol. The van der Waals surface area contributed by atoms with Crippen LogP contribution >= 0.6 is 0 Å². The summed E-state index contributed by atoms with van der Waals surface area (Å²) in [6.45, 7) is 1.87. The van der Waals surface area contributed by atoms with Crippen molar-refractivity contribution < 1.29 is 17.9 Å². The third-order valence-corrected chi connectivity index (χ3v) is 5.40. The van der Waals surface area contributed by atoms with Gasteiger partial charge in [-0.15, -0.1) is 0 Å². The Balaban J connectivity index is 1.87. The zero-order valence-electron chi connectivity index (χ0n) is 18.8. The van der Waals surface area contributed by atoms with Gasteiger partial charge in [-0.05, 0) is 24.6 Å². The summed E-state index contributed by atoms with van der Waals surface area (Å²) < 4.78 is 48.7. The maximum Gasteiger partial charge on any atom is 0.221 e. The SMILES string of the molecule is CCC(C(C=Nc1cc(F)ccc1F)=NN)n1cc(-c2cc(F)cnc2OC)c2c(N)ncnc21. The van der Waals surface area contributed by atoms with Gasteiger partial charge in [0.25, 0.3) is 0 Å². The highest BCUT2D eigenvalue weighted by Crippen LogP contribution is 2.38. The molecule has 0 saturated heterocycles. The molecule has 12 heteroatoms. The molecule has 1 aromatic carbocycles. The highest BCUT2D eigenvalue weighted by Gasteiger charge is 2.24. The Hall–Kier alpha value is -4.48. The number of methoxy groups -OCH3 is 1. The Labute approximate surface area is 198 Å². The lowest BCUT2D eigenvalue weighted by Crippen LogP contribution is -2.21. The topological polar surface area (TPSA) is 130 Å². The second-order valence-corrected chi connectivity index (χ2v) is 7.45. The number of hydrazone groups is 1. The van der Waals surface area contributed by atoms with Crippen LogP contribution in [0.1, 0.15) is 19.4 Å². The van der Waals surface area contributed by atoms with Gasteiger partial charge in [0.2, 0.25) is 5.88 Å². The van der Waals surface area contributed by atoms with Crippen molar-refractivity contribution in [3.8, 4) is 17.0 Å². The quantitative estimate of drug-likeness (QED) is 0.231. The van der Waals surface area contributed by atoms with Crippen LogP contribution in [0.25, 0.3) is 22.2 Å². The molecule has 0 fully saturated rings. The van der Waals surface area contributed by atoms with E-state index in [2.05, 4.69) is 25.0 Å². The van der Waals surface area contributed by atoms with E-state index in [1.165, 1.54) is 25.7 Å². The van der Waals surface area contributed by atoms with Crippen molar-refractivity contribution >= 4 is 34.5 Å². The minimum atomic E-state index is -0.702. The molecule has 3 heterocycles. The highest BCUT2D eigenvalue weighted by atomic mass is 19.1. The molecular formula is C23H21F3N8O. The molecule has 9 nitrogen and oxygen atoms in total. The zero-order chi connectivity index (χ0) is 25.1. The van der Waals surface area contributed by atoms with Crippen molar-refractivity contribution in [1.82, 2.24) is 19.5 Å². The van der Waals surface area contributed by atoms with Crippen LogP contribution in [0.4, 0.5) is 24.7 Å². The minimum absolute atomic E-state index is 0.159. The Kier molecular flexibility index (Phi) is 6.62. The standard InChI is InChI=1S/C23H21F3N8O/c1-3-19(18(33-28)9-29-17-7-12(24)4-5-16(17)26)34-10-15(20-21(27)31-11-32-22(20)34)14-6-13(25)8-30-23(14)35-2/h4-11,19H,3,28H2,1-2H3,(H2,27,31,32). The zero-order valence-corrected chi connectivity index (χ0v) is 18.8. The molecule has 3 aromatic heterocycles. The Morgan fingerprint density at radius 2 is 1.94 bits per heavy atom. The number of nitrogens with zero attached hydrogens (tertiary/aromatic N) is 6. The molecule has 0 amide bonds. The summed E-state index contributed by atoms with van der Waals surface area (Å²) in [5.74, 6) is 4.08. The monoisotopic (exact) mass is 482 g/mol. The second kappa shape index (κ2) is 9.79. The normalized spacial score (nSPS) is 13.0. The van der Waals surface area contributed by atoms with Crippen LogP contribution in [0.3, 0.4) is 0 Å². The van der Waals surface area contributed by atoms with Gasteiger partial charge in [-0.3, -0.25) is 4.99 Å². The fourth-order valence-electron chi connectivity index (χ4n) is 3.81. The molecule has 0 radical (unpaired) electrons. The number of nitrogens with two attached hydrogens (primary N) is 2. The Bertz CT molecular complexity index is 1450. The predicted octanol–water partition coefficient (Wildman–Crippen LogP) is 4.17. The van der Waals surface area contributed by atoms with E-state index in [9.17, 15) is 13.2 Å². The summed E-state index contributed by atoms with van der Waals surface area (Å²) in [6.07, 6.45) is 5.73. The number of hydrogen-bond donors (Lipinski definition) is 2. The van der Waals surface area contributed by atoms with Gasteiger partial charge in [-0.1, -0.05) is 6.92 Å². The fourth-order valence-corrected chi connectivity index (χ4v) is 3.81. The van der Waals surface area contributed by atoms with E-state index < -0.39 is 23.5 Å². The molecule has 4 N–H and O–H groups in total. The number of aliphatic imine (C=N–C) groups is 1. The van der Waals surface area contributed by atoms with Gasteiger partial charge in [0.1, 0.15) is 46.6 Å². The minimum Gasteiger partial charge on any atom is -0.481 e. The third kappa shape index (κ3) is 4.50. The summed E-state index contributed by atoms with van der Waals surface area (Å²) in [5, 5.41) is 4.27. The molecule has 0 saturated carbocycles. The van der Waals surface area contributed by atoms with Crippen molar-refractivity contribution in [1.29, 1.82) is 0 Å². The van der Waals surface area contributed by atoms with Gasteiger partial charge in [0.05, 0.1) is 30.9 Å². The molecule has 0 bridgehead atoms. The van der Waals surface area contributed by atoms with Crippen LogP contribution in [0.5, 0.6) is 5.88 Å². The first-order valence-electron chi connectivity index (χ1n) is 10.5. The molecule has 35 heavy (non-hydrogen) atoms. The number of anilines is 1. The first-order valence-corrected chi connectivity index (χ1v) is 10.5. The second-order valence-electron chi connectivity index (χ2n) is 7.45. The molecule has 0 spiro atoms. The maximum absolute atomic E-state index is 14.1. The fraction of sp³-hybridized carbons (Fsp3) is 0.174. The first-order chi connectivity index (χ1) is 16.9. The van der Waals surface area contributed by atoms with Crippen molar-refractivity contribution in [3.63, 3.8) is 0 Å². The summed E-state index contributed by atoms with van der Waals surface area (Å²) in [5.41, 5.74) is 7.45.